The van der Waals surface area contributed by atoms with Crippen molar-refractivity contribution in [2.45, 2.75) is 50.7 Å². The minimum Gasteiger partial charge on any atom is -0.378 e. The van der Waals surface area contributed by atoms with Gasteiger partial charge in [0.05, 0.1) is 11.8 Å². The molecule has 23 heavy (non-hydrogen) atoms. The highest BCUT2D eigenvalue weighted by molar-refractivity contribution is 5.47. The Kier molecular flexibility index (Phi) is 5.90. The molecule has 2 heterocycles. The third kappa shape index (κ3) is 4.45. The lowest BCUT2D eigenvalue weighted by Crippen LogP contribution is -2.44. The molecule has 0 bridgehead atoms. The van der Waals surface area contributed by atoms with E-state index >= 15 is 0 Å². The van der Waals surface area contributed by atoms with Gasteiger partial charge in [0.15, 0.2) is 0 Å². The summed E-state index contributed by atoms with van der Waals surface area (Å²) in [6.07, 6.45) is 7.58. The van der Waals surface area contributed by atoms with Crippen LogP contribution in [0.2, 0.25) is 0 Å². The fraction of sp³-hybridized carbons (Fsp3) is 0.684. The van der Waals surface area contributed by atoms with E-state index in [-0.39, 0.29) is 5.82 Å². The number of rotatable bonds is 5. The van der Waals surface area contributed by atoms with Crippen LogP contribution >= 0.6 is 0 Å². The molecule has 2 aliphatic heterocycles. The summed E-state index contributed by atoms with van der Waals surface area (Å²) < 4.78 is 19.7. The molecular weight excluding hydrogens is 291 g/mol. The second kappa shape index (κ2) is 8.11. The molecule has 3 rings (SSSR count). The van der Waals surface area contributed by atoms with E-state index in [0.717, 1.165) is 51.2 Å². The van der Waals surface area contributed by atoms with E-state index in [0.29, 0.717) is 12.1 Å². The summed E-state index contributed by atoms with van der Waals surface area (Å²) in [5.74, 6) is -0.103. The number of hydrogen-bond donors (Lipinski definition) is 0. The molecule has 0 aromatic heterocycles. The molecule has 0 aliphatic carbocycles. The van der Waals surface area contributed by atoms with E-state index in [1.807, 2.05) is 12.1 Å². The van der Waals surface area contributed by atoms with Crippen LogP contribution in [-0.4, -0.2) is 50.3 Å². The zero-order valence-electron chi connectivity index (χ0n) is 14.2. The van der Waals surface area contributed by atoms with Gasteiger partial charge in [0, 0.05) is 32.3 Å². The van der Waals surface area contributed by atoms with Crippen molar-refractivity contribution >= 4 is 5.69 Å². The Bertz CT molecular complexity index is 482. The smallest absolute Gasteiger partial charge is 0.146 e. The van der Waals surface area contributed by atoms with Gasteiger partial charge in [0.2, 0.25) is 0 Å². The van der Waals surface area contributed by atoms with Crippen LogP contribution in [0.4, 0.5) is 10.1 Å². The standard InChI is InChI=1S/C19H29FN2O/c1-21(12-11-17-6-4-5-15-23-17)16-9-13-22(14-10-16)19-8-3-2-7-18(19)20/h2-3,7-8,16-17H,4-6,9-15H2,1H3. The molecule has 2 aliphatic rings. The summed E-state index contributed by atoms with van der Waals surface area (Å²) in [5, 5.41) is 0. The van der Waals surface area contributed by atoms with Gasteiger partial charge in [-0.3, -0.25) is 0 Å². The monoisotopic (exact) mass is 320 g/mol. The van der Waals surface area contributed by atoms with Crippen molar-refractivity contribution in [3.05, 3.63) is 30.1 Å². The Morgan fingerprint density at radius 2 is 1.96 bits per heavy atom. The van der Waals surface area contributed by atoms with E-state index in [1.165, 1.54) is 19.3 Å². The van der Waals surface area contributed by atoms with Crippen molar-refractivity contribution in [1.29, 1.82) is 0 Å². The Balaban J connectivity index is 1.44. The van der Waals surface area contributed by atoms with Crippen LogP contribution in [0.3, 0.4) is 0 Å². The number of ether oxygens (including phenoxy) is 1. The van der Waals surface area contributed by atoms with Gasteiger partial charge in [-0.15, -0.1) is 0 Å². The number of nitrogens with zero attached hydrogens (tertiary/aromatic N) is 2. The number of halogens is 1. The van der Waals surface area contributed by atoms with E-state index in [4.69, 9.17) is 4.74 Å². The Labute approximate surface area is 139 Å². The van der Waals surface area contributed by atoms with Gasteiger partial charge in [-0.2, -0.15) is 0 Å². The number of hydrogen-bond acceptors (Lipinski definition) is 3. The highest BCUT2D eigenvalue weighted by atomic mass is 19.1. The third-order valence-corrected chi connectivity index (χ3v) is 5.36. The molecule has 0 saturated carbocycles. The molecule has 2 saturated heterocycles. The molecule has 0 N–H and O–H groups in total. The number of anilines is 1. The van der Waals surface area contributed by atoms with Gasteiger partial charge in [0.25, 0.3) is 0 Å². The van der Waals surface area contributed by atoms with E-state index in [1.54, 1.807) is 12.1 Å². The molecule has 1 atom stereocenters. The first-order chi connectivity index (χ1) is 11.2. The van der Waals surface area contributed by atoms with E-state index in [9.17, 15) is 4.39 Å². The fourth-order valence-electron chi connectivity index (χ4n) is 3.82. The number of benzene rings is 1. The minimum atomic E-state index is -0.103. The second-order valence-electron chi connectivity index (χ2n) is 6.93. The molecule has 2 fully saturated rings. The first-order valence-corrected chi connectivity index (χ1v) is 9.05. The summed E-state index contributed by atoms with van der Waals surface area (Å²) in [4.78, 5) is 4.67. The Morgan fingerprint density at radius 1 is 1.17 bits per heavy atom. The summed E-state index contributed by atoms with van der Waals surface area (Å²) in [5.41, 5.74) is 0.754. The molecule has 0 spiro atoms. The fourth-order valence-corrected chi connectivity index (χ4v) is 3.82. The highest BCUT2D eigenvalue weighted by Gasteiger charge is 2.24. The van der Waals surface area contributed by atoms with Crippen LogP contribution in [0, 0.1) is 5.82 Å². The maximum atomic E-state index is 13.9. The first kappa shape index (κ1) is 16.7. The zero-order chi connectivity index (χ0) is 16.1. The predicted octanol–water partition coefficient (Wildman–Crippen LogP) is 3.69. The first-order valence-electron chi connectivity index (χ1n) is 9.05. The van der Waals surface area contributed by atoms with Crippen LogP contribution in [0.5, 0.6) is 0 Å². The average Bonchev–Trinajstić information content (AvgIpc) is 2.61. The van der Waals surface area contributed by atoms with Gasteiger partial charge >= 0.3 is 0 Å². The van der Waals surface area contributed by atoms with Crippen molar-refractivity contribution in [2.24, 2.45) is 0 Å². The Hall–Kier alpha value is -1.13. The van der Waals surface area contributed by atoms with Crippen molar-refractivity contribution in [3.8, 4) is 0 Å². The van der Waals surface area contributed by atoms with Gasteiger partial charge < -0.3 is 14.5 Å². The lowest BCUT2D eigenvalue weighted by atomic mass is 10.0. The lowest BCUT2D eigenvalue weighted by molar-refractivity contribution is 0.00414. The number of para-hydroxylation sites is 1. The van der Waals surface area contributed by atoms with Crippen LogP contribution < -0.4 is 4.90 Å². The SMILES string of the molecule is CN(CCC1CCCCO1)C1CCN(c2ccccc2F)CC1. The van der Waals surface area contributed by atoms with E-state index in [2.05, 4.69) is 16.8 Å². The molecule has 3 nitrogen and oxygen atoms in total. The third-order valence-electron chi connectivity index (χ3n) is 5.36. The summed E-state index contributed by atoms with van der Waals surface area (Å²) in [7, 11) is 2.23. The Morgan fingerprint density at radius 3 is 2.65 bits per heavy atom. The molecule has 1 unspecified atom stereocenters. The van der Waals surface area contributed by atoms with Crippen molar-refractivity contribution in [1.82, 2.24) is 4.90 Å². The van der Waals surface area contributed by atoms with E-state index < -0.39 is 0 Å². The summed E-state index contributed by atoms with van der Waals surface area (Å²) >= 11 is 0. The van der Waals surface area contributed by atoms with Crippen LogP contribution in [-0.2, 0) is 4.74 Å². The maximum Gasteiger partial charge on any atom is 0.146 e. The second-order valence-corrected chi connectivity index (χ2v) is 6.93. The van der Waals surface area contributed by atoms with Crippen molar-refractivity contribution in [2.75, 3.05) is 38.2 Å². The number of piperidine rings is 1. The van der Waals surface area contributed by atoms with Crippen molar-refractivity contribution in [3.63, 3.8) is 0 Å². The molecule has 1 aromatic carbocycles. The molecule has 0 radical (unpaired) electrons. The predicted molar refractivity (Wildman–Crippen MR) is 92.5 cm³/mol. The molecular formula is C19H29FN2O. The lowest BCUT2D eigenvalue weighted by Gasteiger charge is -2.38. The largest absolute Gasteiger partial charge is 0.378 e. The van der Waals surface area contributed by atoms with Gasteiger partial charge in [-0.25, -0.2) is 4.39 Å². The van der Waals surface area contributed by atoms with Crippen LogP contribution in [0.25, 0.3) is 0 Å². The highest BCUT2D eigenvalue weighted by Crippen LogP contribution is 2.25. The molecule has 0 amide bonds. The molecule has 4 heteroatoms. The normalized spacial score (nSPS) is 23.4. The van der Waals surface area contributed by atoms with Gasteiger partial charge in [0.1, 0.15) is 5.82 Å². The zero-order valence-corrected chi connectivity index (χ0v) is 14.2. The topological polar surface area (TPSA) is 15.7 Å². The van der Waals surface area contributed by atoms with Crippen LogP contribution in [0.1, 0.15) is 38.5 Å². The van der Waals surface area contributed by atoms with Crippen molar-refractivity contribution < 1.29 is 9.13 Å². The minimum absolute atomic E-state index is 0.103. The maximum absolute atomic E-state index is 13.9. The van der Waals surface area contributed by atoms with Gasteiger partial charge in [-0.05, 0) is 57.7 Å². The molecule has 1 aromatic rings. The van der Waals surface area contributed by atoms with Crippen LogP contribution in [0.15, 0.2) is 24.3 Å². The molecule has 128 valence electrons. The average molecular weight is 320 g/mol. The van der Waals surface area contributed by atoms with Gasteiger partial charge in [-0.1, -0.05) is 12.1 Å². The summed E-state index contributed by atoms with van der Waals surface area (Å²) in [6.45, 7) is 3.93. The summed E-state index contributed by atoms with van der Waals surface area (Å²) in [6, 6.07) is 7.73. The quantitative estimate of drug-likeness (QED) is 0.823.